The molecule has 0 aliphatic rings. The zero-order chi connectivity index (χ0) is 10.6. The Morgan fingerprint density at radius 3 is 2.00 bits per heavy atom. The van der Waals surface area contributed by atoms with Crippen molar-refractivity contribution < 1.29 is 13.3 Å². The molecular weight excluding hydrogens is 190 g/mol. The molecule has 0 rings (SSSR count). The lowest BCUT2D eigenvalue weighted by Gasteiger charge is -2.23. The number of hydrogen-bond donors (Lipinski definition) is 0. The summed E-state index contributed by atoms with van der Waals surface area (Å²) < 4.78 is 29.6. The smallest absolute Gasteiger partial charge is 0.302 e. The van der Waals surface area contributed by atoms with E-state index in [1.165, 1.54) is 0 Å². The van der Waals surface area contributed by atoms with E-state index in [4.69, 9.17) is 4.52 Å². The summed E-state index contributed by atoms with van der Waals surface area (Å²) in [4.78, 5) is 0. The highest BCUT2D eigenvalue weighted by atomic mass is 31.2. The molecule has 0 aromatic rings. The van der Waals surface area contributed by atoms with Crippen LogP contribution in [0.15, 0.2) is 0 Å². The van der Waals surface area contributed by atoms with Gasteiger partial charge in [-0.1, -0.05) is 34.6 Å². The highest BCUT2D eigenvalue weighted by Crippen LogP contribution is 2.55. The van der Waals surface area contributed by atoms with Crippen molar-refractivity contribution in [2.24, 2.45) is 5.92 Å². The third-order valence-corrected chi connectivity index (χ3v) is 3.83. The van der Waals surface area contributed by atoms with E-state index < -0.39 is 13.3 Å². The van der Waals surface area contributed by atoms with Crippen LogP contribution in [0, 0.1) is 5.92 Å². The van der Waals surface area contributed by atoms with Gasteiger partial charge in [0.15, 0.2) is 0 Å². The lowest BCUT2D eigenvalue weighted by Crippen LogP contribution is -2.18. The maximum Gasteiger partial charge on any atom is 0.370 e. The maximum atomic E-state index is 13.3. The Balaban J connectivity index is 4.31. The first-order valence-corrected chi connectivity index (χ1v) is 6.37. The van der Waals surface area contributed by atoms with Gasteiger partial charge >= 0.3 is 7.68 Å². The summed E-state index contributed by atoms with van der Waals surface area (Å²) in [5.74, 6) is 0.202. The molecule has 0 amide bonds. The van der Waals surface area contributed by atoms with Crippen molar-refractivity contribution in [3.8, 4) is 0 Å². The Kier molecular flexibility index (Phi) is 5.16. The monoisotopic (exact) mass is 210 g/mol. The van der Waals surface area contributed by atoms with Crippen LogP contribution >= 0.6 is 7.68 Å². The standard InChI is InChI=1S/C9H20FO2P/c1-6-9(7(2)3)12-13(10,11)8(4)5/h7-9H,6H2,1-5H3. The Hall–Kier alpha value is 0.120. The molecule has 13 heavy (non-hydrogen) atoms. The molecule has 0 saturated heterocycles. The first kappa shape index (κ1) is 13.1. The largest absolute Gasteiger partial charge is 0.370 e. The molecule has 0 aromatic heterocycles. The van der Waals surface area contributed by atoms with Gasteiger partial charge in [0.1, 0.15) is 0 Å². The molecule has 0 bridgehead atoms. The van der Waals surface area contributed by atoms with E-state index in [9.17, 15) is 8.76 Å². The van der Waals surface area contributed by atoms with Crippen molar-refractivity contribution in [1.82, 2.24) is 0 Å². The molecule has 0 aliphatic carbocycles. The third-order valence-electron chi connectivity index (χ3n) is 2.04. The van der Waals surface area contributed by atoms with Gasteiger partial charge in [-0.2, -0.15) is 4.20 Å². The second-order valence-electron chi connectivity index (χ2n) is 3.91. The van der Waals surface area contributed by atoms with E-state index in [1.807, 2.05) is 20.8 Å². The van der Waals surface area contributed by atoms with Crippen molar-refractivity contribution in [3.05, 3.63) is 0 Å². The van der Waals surface area contributed by atoms with E-state index in [-0.39, 0.29) is 12.0 Å². The van der Waals surface area contributed by atoms with Crippen molar-refractivity contribution in [1.29, 1.82) is 0 Å². The van der Waals surface area contributed by atoms with Gasteiger partial charge in [-0.05, 0) is 12.3 Å². The van der Waals surface area contributed by atoms with Gasteiger partial charge in [-0.3, -0.25) is 4.57 Å². The maximum absolute atomic E-state index is 13.3. The first-order valence-electron chi connectivity index (χ1n) is 4.79. The molecule has 4 heteroatoms. The summed E-state index contributed by atoms with van der Waals surface area (Å²) in [6.07, 6.45) is 0.455. The molecule has 0 fully saturated rings. The molecule has 0 radical (unpaired) electrons. The van der Waals surface area contributed by atoms with Gasteiger partial charge in [-0.25, -0.2) is 0 Å². The zero-order valence-corrected chi connectivity index (χ0v) is 9.98. The fourth-order valence-electron chi connectivity index (χ4n) is 0.974. The third kappa shape index (κ3) is 4.24. The van der Waals surface area contributed by atoms with Crippen LogP contribution in [0.1, 0.15) is 41.0 Å². The lowest BCUT2D eigenvalue weighted by molar-refractivity contribution is 0.136. The van der Waals surface area contributed by atoms with Crippen LogP contribution in [0.3, 0.4) is 0 Å². The van der Waals surface area contributed by atoms with E-state index in [0.29, 0.717) is 6.42 Å². The van der Waals surface area contributed by atoms with E-state index >= 15 is 0 Å². The molecule has 0 saturated carbocycles. The topological polar surface area (TPSA) is 26.3 Å². The van der Waals surface area contributed by atoms with Crippen molar-refractivity contribution in [2.75, 3.05) is 0 Å². The Bertz CT molecular complexity index is 192. The van der Waals surface area contributed by atoms with Crippen LogP contribution in [-0.2, 0) is 9.09 Å². The molecule has 2 nitrogen and oxygen atoms in total. The number of rotatable bonds is 5. The van der Waals surface area contributed by atoms with Gasteiger partial charge < -0.3 is 4.52 Å². The molecule has 2 atom stereocenters. The first-order chi connectivity index (χ1) is 5.81. The predicted molar refractivity (Wildman–Crippen MR) is 53.9 cm³/mol. The van der Waals surface area contributed by atoms with E-state index in [1.54, 1.807) is 13.8 Å². The number of hydrogen-bond acceptors (Lipinski definition) is 2. The molecule has 80 valence electrons. The quantitative estimate of drug-likeness (QED) is 0.641. The predicted octanol–water partition coefficient (Wildman–Crippen LogP) is 4.01. The fourth-order valence-corrected chi connectivity index (χ4v) is 1.98. The summed E-state index contributed by atoms with van der Waals surface area (Å²) in [5.41, 5.74) is -0.541. The molecule has 0 aliphatic heterocycles. The minimum Gasteiger partial charge on any atom is -0.302 e. The van der Waals surface area contributed by atoms with Crippen molar-refractivity contribution >= 4 is 7.68 Å². The highest BCUT2D eigenvalue weighted by Gasteiger charge is 2.31. The van der Waals surface area contributed by atoms with Gasteiger partial charge in [-0.15, -0.1) is 0 Å². The van der Waals surface area contributed by atoms with Gasteiger partial charge in [0, 0.05) is 0 Å². The highest BCUT2D eigenvalue weighted by molar-refractivity contribution is 7.54. The molecule has 2 unspecified atom stereocenters. The van der Waals surface area contributed by atoms with E-state index in [0.717, 1.165) is 0 Å². The average molecular weight is 210 g/mol. The summed E-state index contributed by atoms with van der Waals surface area (Å²) in [6.45, 7) is 8.94. The van der Waals surface area contributed by atoms with Gasteiger partial charge in [0.25, 0.3) is 0 Å². The minimum absolute atomic E-state index is 0.202. The Morgan fingerprint density at radius 1 is 1.31 bits per heavy atom. The lowest BCUT2D eigenvalue weighted by atomic mass is 10.1. The van der Waals surface area contributed by atoms with Crippen molar-refractivity contribution in [2.45, 2.75) is 52.8 Å². The Morgan fingerprint density at radius 2 is 1.77 bits per heavy atom. The van der Waals surface area contributed by atoms with E-state index in [2.05, 4.69) is 0 Å². The summed E-state index contributed by atoms with van der Waals surface area (Å²) in [6, 6.07) is 0. The molecule has 0 heterocycles. The second kappa shape index (κ2) is 5.11. The molecule has 0 N–H and O–H groups in total. The van der Waals surface area contributed by atoms with Crippen LogP contribution in [0.4, 0.5) is 4.20 Å². The van der Waals surface area contributed by atoms with Crippen LogP contribution in [-0.4, -0.2) is 11.8 Å². The van der Waals surface area contributed by atoms with Gasteiger partial charge in [0.2, 0.25) is 0 Å². The molecule has 0 aromatic carbocycles. The molecular formula is C9H20FO2P. The normalized spacial score (nSPS) is 19.1. The van der Waals surface area contributed by atoms with Gasteiger partial charge in [0.05, 0.1) is 11.8 Å². The van der Waals surface area contributed by atoms with Crippen molar-refractivity contribution in [3.63, 3.8) is 0 Å². The fraction of sp³-hybridized carbons (Fsp3) is 1.00. The van der Waals surface area contributed by atoms with Crippen LogP contribution in [0.5, 0.6) is 0 Å². The minimum atomic E-state index is -3.89. The second-order valence-corrected chi connectivity index (χ2v) is 6.20. The summed E-state index contributed by atoms with van der Waals surface area (Å²) in [7, 11) is -3.89. The van der Waals surface area contributed by atoms with Crippen LogP contribution in [0.2, 0.25) is 0 Å². The average Bonchev–Trinajstić information content (AvgIpc) is 1.99. The Labute approximate surface area is 80.4 Å². The summed E-state index contributed by atoms with van der Waals surface area (Å²) >= 11 is 0. The number of halogens is 1. The van der Waals surface area contributed by atoms with Crippen LogP contribution in [0.25, 0.3) is 0 Å². The zero-order valence-electron chi connectivity index (χ0n) is 9.08. The van der Waals surface area contributed by atoms with Crippen LogP contribution < -0.4 is 0 Å². The SMILES string of the molecule is CCC(OP(=O)(F)C(C)C)C(C)C. The summed E-state index contributed by atoms with van der Waals surface area (Å²) in [5, 5.41) is 0. The molecule has 0 spiro atoms.